The van der Waals surface area contributed by atoms with Crippen LogP contribution in [0.4, 0.5) is 0 Å². The number of piperidine rings is 1. The minimum absolute atomic E-state index is 0.102. The summed E-state index contributed by atoms with van der Waals surface area (Å²) < 4.78 is 27.6. The summed E-state index contributed by atoms with van der Waals surface area (Å²) in [6.45, 7) is 0. The van der Waals surface area contributed by atoms with E-state index in [9.17, 15) is 8.42 Å². The summed E-state index contributed by atoms with van der Waals surface area (Å²) in [6.07, 6.45) is 4.18. The average Bonchev–Trinajstić information content (AvgIpc) is 2.91. The largest absolute Gasteiger partial charge is 0.311 e. The van der Waals surface area contributed by atoms with Gasteiger partial charge in [-0.25, -0.2) is 8.42 Å². The van der Waals surface area contributed by atoms with Gasteiger partial charge < -0.3 is 5.32 Å². The van der Waals surface area contributed by atoms with Crippen LogP contribution < -0.4 is 5.32 Å². The molecule has 2 atom stereocenters. The summed E-state index contributed by atoms with van der Waals surface area (Å²) in [4.78, 5) is 0.393. The number of nitrogens with one attached hydrogen (secondary N) is 1. The van der Waals surface area contributed by atoms with Crippen LogP contribution in [-0.2, 0) is 10.0 Å². The van der Waals surface area contributed by atoms with Gasteiger partial charge in [-0.3, -0.25) is 0 Å². The second kappa shape index (κ2) is 5.58. The molecule has 0 spiro atoms. The summed E-state index contributed by atoms with van der Waals surface area (Å²) >= 11 is 0. The van der Waals surface area contributed by atoms with Crippen LogP contribution in [0, 0.1) is 0 Å². The Balaban J connectivity index is 1.65. The number of fused-ring (bicyclic) bond motifs is 3. The number of rotatable bonds is 3. The molecule has 2 fully saturated rings. The van der Waals surface area contributed by atoms with E-state index in [1.165, 1.54) is 12.8 Å². The lowest BCUT2D eigenvalue weighted by molar-refractivity contribution is 0.251. The molecular formula is C18H22N2O2S. The highest BCUT2D eigenvalue weighted by Gasteiger charge is 2.38. The third-order valence-corrected chi connectivity index (χ3v) is 7.27. The van der Waals surface area contributed by atoms with Gasteiger partial charge in [0, 0.05) is 25.2 Å². The molecule has 23 heavy (non-hydrogen) atoms. The summed E-state index contributed by atoms with van der Waals surface area (Å²) in [5.74, 6) is 0. The van der Waals surface area contributed by atoms with Crippen molar-refractivity contribution in [1.29, 1.82) is 0 Å². The van der Waals surface area contributed by atoms with Crippen LogP contribution in [-0.4, -0.2) is 37.9 Å². The van der Waals surface area contributed by atoms with Crippen LogP contribution in [0.25, 0.3) is 10.8 Å². The maximum atomic E-state index is 13.0. The van der Waals surface area contributed by atoms with E-state index in [0.29, 0.717) is 17.0 Å². The van der Waals surface area contributed by atoms with Crippen molar-refractivity contribution in [3.63, 3.8) is 0 Å². The Morgan fingerprint density at radius 3 is 2.35 bits per heavy atom. The molecule has 2 unspecified atom stereocenters. The van der Waals surface area contributed by atoms with Crippen LogP contribution >= 0.6 is 0 Å². The number of sulfonamides is 1. The lowest BCUT2D eigenvalue weighted by atomic mass is 10.0. The van der Waals surface area contributed by atoms with Crippen LogP contribution in [0.15, 0.2) is 47.4 Å². The Morgan fingerprint density at radius 1 is 1.00 bits per heavy atom. The van der Waals surface area contributed by atoms with Gasteiger partial charge in [-0.1, -0.05) is 30.3 Å². The molecule has 0 aromatic heterocycles. The van der Waals surface area contributed by atoms with Crippen molar-refractivity contribution in [2.75, 3.05) is 7.05 Å². The molecule has 5 heteroatoms. The van der Waals surface area contributed by atoms with Gasteiger partial charge in [0.05, 0.1) is 4.90 Å². The minimum atomic E-state index is -3.44. The molecule has 0 radical (unpaired) electrons. The monoisotopic (exact) mass is 330 g/mol. The van der Waals surface area contributed by atoms with Crippen molar-refractivity contribution in [3.8, 4) is 0 Å². The molecule has 122 valence electrons. The van der Waals surface area contributed by atoms with Crippen LogP contribution in [0.5, 0.6) is 0 Å². The molecule has 4 nitrogen and oxygen atoms in total. The fourth-order valence-electron chi connectivity index (χ4n) is 4.01. The molecule has 2 aromatic rings. The van der Waals surface area contributed by atoms with E-state index in [1.54, 1.807) is 23.5 Å². The van der Waals surface area contributed by atoms with Crippen molar-refractivity contribution in [1.82, 2.24) is 9.62 Å². The zero-order valence-corrected chi connectivity index (χ0v) is 14.1. The molecule has 0 amide bonds. The van der Waals surface area contributed by atoms with Gasteiger partial charge in [0.25, 0.3) is 0 Å². The molecule has 2 bridgehead atoms. The van der Waals surface area contributed by atoms with E-state index in [2.05, 4.69) is 5.32 Å². The normalized spacial score (nSPS) is 27.7. The van der Waals surface area contributed by atoms with Crippen molar-refractivity contribution < 1.29 is 8.42 Å². The third-order valence-electron chi connectivity index (χ3n) is 5.36. The van der Waals surface area contributed by atoms with E-state index in [1.807, 2.05) is 30.3 Å². The third kappa shape index (κ3) is 2.67. The summed E-state index contributed by atoms with van der Waals surface area (Å²) in [5.41, 5.74) is 0. The van der Waals surface area contributed by atoms with Crippen molar-refractivity contribution in [2.45, 2.75) is 48.7 Å². The molecule has 2 aromatic carbocycles. The lowest BCUT2D eigenvalue weighted by Gasteiger charge is -2.34. The molecule has 0 saturated carbocycles. The van der Waals surface area contributed by atoms with Crippen LogP contribution in [0.1, 0.15) is 25.7 Å². The first-order valence-electron chi connectivity index (χ1n) is 8.27. The predicted molar refractivity (Wildman–Crippen MR) is 91.9 cm³/mol. The summed E-state index contributed by atoms with van der Waals surface area (Å²) in [6, 6.07) is 14.3. The highest BCUT2D eigenvalue weighted by Crippen LogP contribution is 2.32. The molecule has 2 saturated heterocycles. The van der Waals surface area contributed by atoms with Gasteiger partial charge >= 0.3 is 0 Å². The Hall–Kier alpha value is -1.43. The van der Waals surface area contributed by atoms with Gasteiger partial charge in [0.15, 0.2) is 0 Å². The quantitative estimate of drug-likeness (QED) is 0.941. The average molecular weight is 330 g/mol. The molecule has 2 aliphatic rings. The highest BCUT2D eigenvalue weighted by molar-refractivity contribution is 7.89. The Bertz CT molecular complexity index is 822. The number of nitrogens with zero attached hydrogens (tertiary/aromatic N) is 1. The predicted octanol–water partition coefficient (Wildman–Crippen LogP) is 2.74. The summed E-state index contributed by atoms with van der Waals surface area (Å²) in [5, 5.41) is 5.60. The van der Waals surface area contributed by atoms with E-state index < -0.39 is 10.0 Å². The minimum Gasteiger partial charge on any atom is -0.311 e. The van der Waals surface area contributed by atoms with Crippen LogP contribution in [0.2, 0.25) is 0 Å². The molecular weight excluding hydrogens is 308 g/mol. The van der Waals surface area contributed by atoms with Crippen molar-refractivity contribution >= 4 is 20.8 Å². The van der Waals surface area contributed by atoms with Gasteiger partial charge in [0.2, 0.25) is 10.0 Å². The van der Waals surface area contributed by atoms with E-state index in [0.717, 1.165) is 23.6 Å². The lowest BCUT2D eigenvalue weighted by Crippen LogP contribution is -2.48. The number of hydrogen-bond donors (Lipinski definition) is 1. The number of hydrogen-bond acceptors (Lipinski definition) is 3. The van der Waals surface area contributed by atoms with Gasteiger partial charge in [0.1, 0.15) is 0 Å². The van der Waals surface area contributed by atoms with Gasteiger partial charge in [-0.15, -0.1) is 0 Å². The topological polar surface area (TPSA) is 49.4 Å². The first-order chi connectivity index (χ1) is 11.0. The Kier molecular flexibility index (Phi) is 3.67. The van der Waals surface area contributed by atoms with Gasteiger partial charge in [-0.2, -0.15) is 4.31 Å². The first-order valence-corrected chi connectivity index (χ1v) is 9.71. The van der Waals surface area contributed by atoms with Crippen molar-refractivity contribution in [3.05, 3.63) is 42.5 Å². The van der Waals surface area contributed by atoms with E-state index in [-0.39, 0.29) is 6.04 Å². The second-order valence-corrected chi connectivity index (χ2v) is 8.79. The zero-order chi connectivity index (χ0) is 16.0. The van der Waals surface area contributed by atoms with E-state index >= 15 is 0 Å². The Labute approximate surface area is 137 Å². The van der Waals surface area contributed by atoms with Crippen LogP contribution in [0.3, 0.4) is 0 Å². The highest BCUT2D eigenvalue weighted by atomic mass is 32.2. The first kappa shape index (κ1) is 15.1. The van der Waals surface area contributed by atoms with Crippen molar-refractivity contribution in [2.24, 2.45) is 0 Å². The Morgan fingerprint density at radius 2 is 1.65 bits per heavy atom. The fraction of sp³-hybridized carbons (Fsp3) is 0.444. The zero-order valence-electron chi connectivity index (χ0n) is 13.3. The van der Waals surface area contributed by atoms with E-state index in [4.69, 9.17) is 0 Å². The maximum Gasteiger partial charge on any atom is 0.243 e. The molecule has 2 aliphatic heterocycles. The molecule has 2 heterocycles. The standard InChI is InChI=1S/C18H22N2O2S/c1-20(17-11-15-7-8-16(12-17)19-15)23(21,22)18-9-6-13-4-2-3-5-14(13)10-18/h2-6,9-10,15-17,19H,7-8,11-12H2,1H3. The SMILES string of the molecule is CN(C1CC2CCC(C1)N2)S(=O)(=O)c1ccc2ccccc2c1. The second-order valence-electron chi connectivity index (χ2n) is 6.79. The number of benzene rings is 2. The smallest absolute Gasteiger partial charge is 0.243 e. The molecule has 0 aliphatic carbocycles. The molecule has 1 N–H and O–H groups in total. The summed E-state index contributed by atoms with van der Waals surface area (Å²) in [7, 11) is -1.71. The molecule has 4 rings (SSSR count). The fourth-order valence-corrected chi connectivity index (χ4v) is 5.43. The van der Waals surface area contributed by atoms with Gasteiger partial charge in [-0.05, 0) is 48.6 Å². The maximum absolute atomic E-state index is 13.0.